The normalized spacial score (nSPS) is 17.9. The van der Waals surface area contributed by atoms with E-state index in [9.17, 15) is 8.42 Å². The minimum Gasteiger partial charge on any atom is -0.302 e. The van der Waals surface area contributed by atoms with Crippen molar-refractivity contribution in [3.05, 3.63) is 23.5 Å². The number of halogens is 1. The molecule has 1 fully saturated rings. The van der Waals surface area contributed by atoms with Crippen LogP contribution in [0.4, 0.5) is 0 Å². The maximum atomic E-state index is 12.0. The molecular formula is C13H20ClN3O2S. The van der Waals surface area contributed by atoms with Crippen molar-refractivity contribution in [2.45, 2.75) is 30.6 Å². The summed E-state index contributed by atoms with van der Waals surface area (Å²) in [5.41, 5.74) is 0. The number of hydrogen-bond donors (Lipinski definition) is 1. The molecule has 0 radical (unpaired) electrons. The van der Waals surface area contributed by atoms with Gasteiger partial charge in [0.05, 0.1) is 0 Å². The molecule has 1 aromatic heterocycles. The van der Waals surface area contributed by atoms with E-state index in [1.807, 2.05) is 0 Å². The molecule has 0 saturated carbocycles. The standard InChI is InChI=1S/C13H20ClN3O2S/c14-13-6-5-12(11-15-13)20(18,19)16-7-10-17-8-3-1-2-4-9-17/h5-6,11,16H,1-4,7-10H2. The van der Waals surface area contributed by atoms with E-state index < -0.39 is 10.0 Å². The van der Waals surface area contributed by atoms with E-state index in [1.54, 1.807) is 0 Å². The Kier molecular flexibility index (Phi) is 5.77. The molecule has 0 atom stereocenters. The lowest BCUT2D eigenvalue weighted by Gasteiger charge is -2.19. The fourth-order valence-electron chi connectivity index (χ4n) is 2.30. The van der Waals surface area contributed by atoms with Gasteiger partial charge in [0.25, 0.3) is 0 Å². The molecule has 1 aromatic rings. The van der Waals surface area contributed by atoms with E-state index in [0.29, 0.717) is 6.54 Å². The molecule has 5 nitrogen and oxygen atoms in total. The van der Waals surface area contributed by atoms with Crippen LogP contribution in [-0.4, -0.2) is 44.5 Å². The number of aromatic nitrogens is 1. The Balaban J connectivity index is 1.84. The molecule has 7 heteroatoms. The largest absolute Gasteiger partial charge is 0.302 e. The SMILES string of the molecule is O=S(=O)(NCCN1CCCCCC1)c1ccc(Cl)nc1. The van der Waals surface area contributed by atoms with Gasteiger partial charge in [0, 0.05) is 19.3 Å². The third-order valence-electron chi connectivity index (χ3n) is 3.43. The summed E-state index contributed by atoms with van der Waals surface area (Å²) < 4.78 is 26.7. The van der Waals surface area contributed by atoms with Crippen molar-refractivity contribution in [2.75, 3.05) is 26.2 Å². The van der Waals surface area contributed by atoms with E-state index >= 15 is 0 Å². The Morgan fingerprint density at radius 2 is 1.90 bits per heavy atom. The second-order valence-corrected chi connectivity index (χ2v) is 7.12. The summed E-state index contributed by atoms with van der Waals surface area (Å²) in [7, 11) is -3.48. The molecule has 1 aliphatic rings. The monoisotopic (exact) mass is 317 g/mol. The number of nitrogens with one attached hydrogen (secondary N) is 1. The minimum atomic E-state index is -3.48. The van der Waals surface area contributed by atoms with Gasteiger partial charge in [-0.05, 0) is 38.1 Å². The van der Waals surface area contributed by atoms with Gasteiger partial charge < -0.3 is 4.90 Å². The summed E-state index contributed by atoms with van der Waals surface area (Å²) in [6, 6.07) is 2.94. The highest BCUT2D eigenvalue weighted by molar-refractivity contribution is 7.89. The van der Waals surface area contributed by atoms with E-state index in [0.717, 1.165) is 19.6 Å². The maximum Gasteiger partial charge on any atom is 0.242 e. The van der Waals surface area contributed by atoms with Crippen molar-refractivity contribution < 1.29 is 8.42 Å². The van der Waals surface area contributed by atoms with Crippen molar-refractivity contribution in [3.8, 4) is 0 Å². The fraction of sp³-hybridized carbons (Fsp3) is 0.615. The molecule has 0 unspecified atom stereocenters. The highest BCUT2D eigenvalue weighted by atomic mass is 35.5. The average molecular weight is 318 g/mol. The molecule has 0 bridgehead atoms. The predicted molar refractivity (Wildman–Crippen MR) is 79.3 cm³/mol. The summed E-state index contributed by atoms with van der Waals surface area (Å²) in [5, 5.41) is 0.286. The lowest BCUT2D eigenvalue weighted by atomic mass is 10.2. The Morgan fingerprint density at radius 3 is 2.50 bits per heavy atom. The Morgan fingerprint density at radius 1 is 1.20 bits per heavy atom. The lowest BCUT2D eigenvalue weighted by molar-refractivity contribution is 0.290. The third kappa shape index (κ3) is 4.70. The van der Waals surface area contributed by atoms with Crippen molar-refractivity contribution in [1.29, 1.82) is 0 Å². The molecule has 2 rings (SSSR count). The molecule has 1 aliphatic heterocycles. The summed E-state index contributed by atoms with van der Waals surface area (Å²) in [6.07, 6.45) is 6.23. The third-order valence-corrected chi connectivity index (χ3v) is 5.10. The van der Waals surface area contributed by atoms with E-state index in [2.05, 4.69) is 14.6 Å². The zero-order valence-corrected chi connectivity index (χ0v) is 13.0. The van der Waals surface area contributed by atoms with Crippen LogP contribution in [0.25, 0.3) is 0 Å². The molecule has 1 saturated heterocycles. The van der Waals surface area contributed by atoms with Gasteiger partial charge in [-0.2, -0.15) is 0 Å². The highest BCUT2D eigenvalue weighted by Gasteiger charge is 2.15. The van der Waals surface area contributed by atoms with Gasteiger partial charge in [-0.1, -0.05) is 24.4 Å². The van der Waals surface area contributed by atoms with Gasteiger partial charge in [0.15, 0.2) is 0 Å². The van der Waals surface area contributed by atoms with Crippen LogP contribution in [0.3, 0.4) is 0 Å². The fourth-order valence-corrected chi connectivity index (χ4v) is 3.38. The number of pyridine rings is 1. The smallest absolute Gasteiger partial charge is 0.242 e. The van der Waals surface area contributed by atoms with E-state index in [-0.39, 0.29) is 10.0 Å². The first-order valence-corrected chi connectivity index (χ1v) is 8.78. The first-order valence-electron chi connectivity index (χ1n) is 6.91. The Hall–Kier alpha value is -0.690. The van der Waals surface area contributed by atoms with Crippen LogP contribution in [0.2, 0.25) is 5.15 Å². The van der Waals surface area contributed by atoms with Gasteiger partial charge in [-0.3, -0.25) is 0 Å². The molecule has 0 amide bonds. The van der Waals surface area contributed by atoms with Crippen LogP contribution in [0.1, 0.15) is 25.7 Å². The topological polar surface area (TPSA) is 62.3 Å². The maximum absolute atomic E-state index is 12.0. The van der Waals surface area contributed by atoms with E-state index in [4.69, 9.17) is 11.6 Å². The number of likely N-dealkylation sites (tertiary alicyclic amines) is 1. The zero-order valence-electron chi connectivity index (χ0n) is 11.4. The quantitative estimate of drug-likeness (QED) is 0.842. The molecule has 0 aromatic carbocycles. The van der Waals surface area contributed by atoms with E-state index in [1.165, 1.54) is 44.0 Å². The predicted octanol–water partition coefficient (Wildman–Crippen LogP) is 1.89. The summed E-state index contributed by atoms with van der Waals surface area (Å²) in [6.45, 7) is 3.29. The average Bonchev–Trinajstić information content (AvgIpc) is 2.68. The van der Waals surface area contributed by atoms with Gasteiger partial charge in [-0.25, -0.2) is 18.1 Å². The zero-order chi connectivity index (χ0) is 14.4. The number of rotatable bonds is 5. The lowest BCUT2D eigenvalue weighted by Crippen LogP contribution is -2.35. The summed E-state index contributed by atoms with van der Waals surface area (Å²) in [5.74, 6) is 0. The minimum absolute atomic E-state index is 0.151. The van der Waals surface area contributed by atoms with Crippen molar-refractivity contribution in [2.24, 2.45) is 0 Å². The second-order valence-electron chi connectivity index (χ2n) is 4.97. The van der Waals surface area contributed by atoms with Gasteiger partial charge in [0.1, 0.15) is 10.0 Å². The highest BCUT2D eigenvalue weighted by Crippen LogP contribution is 2.11. The van der Waals surface area contributed by atoms with Crippen molar-refractivity contribution in [3.63, 3.8) is 0 Å². The van der Waals surface area contributed by atoms with Gasteiger partial charge >= 0.3 is 0 Å². The van der Waals surface area contributed by atoms with Gasteiger partial charge in [-0.15, -0.1) is 0 Å². The van der Waals surface area contributed by atoms with Crippen LogP contribution in [0.15, 0.2) is 23.2 Å². The molecule has 1 N–H and O–H groups in total. The Labute approximate surface area is 125 Å². The van der Waals surface area contributed by atoms with Crippen LogP contribution in [0, 0.1) is 0 Å². The van der Waals surface area contributed by atoms with Crippen molar-refractivity contribution >= 4 is 21.6 Å². The molecule has 20 heavy (non-hydrogen) atoms. The Bertz CT molecular complexity index is 511. The first-order chi connectivity index (χ1) is 9.58. The summed E-state index contributed by atoms with van der Waals surface area (Å²) in [4.78, 5) is 6.26. The molecule has 0 aliphatic carbocycles. The molecule has 112 valence electrons. The summed E-state index contributed by atoms with van der Waals surface area (Å²) >= 11 is 5.65. The number of hydrogen-bond acceptors (Lipinski definition) is 4. The van der Waals surface area contributed by atoms with Crippen LogP contribution >= 0.6 is 11.6 Å². The number of nitrogens with zero attached hydrogens (tertiary/aromatic N) is 2. The van der Waals surface area contributed by atoms with Gasteiger partial charge in [0.2, 0.25) is 10.0 Å². The molecule has 0 spiro atoms. The van der Waals surface area contributed by atoms with Crippen molar-refractivity contribution in [1.82, 2.24) is 14.6 Å². The molecule has 2 heterocycles. The molecular weight excluding hydrogens is 298 g/mol. The van der Waals surface area contributed by atoms with Crippen LogP contribution < -0.4 is 4.72 Å². The van der Waals surface area contributed by atoms with Crippen LogP contribution in [0.5, 0.6) is 0 Å². The second kappa shape index (κ2) is 7.36. The number of sulfonamides is 1. The first kappa shape index (κ1) is 15.7. The van der Waals surface area contributed by atoms with Crippen LogP contribution in [-0.2, 0) is 10.0 Å².